The lowest BCUT2D eigenvalue weighted by Gasteiger charge is -2.42. The van der Waals surface area contributed by atoms with Crippen LogP contribution < -0.4 is 9.46 Å². The third kappa shape index (κ3) is 4.59. The number of piperidine rings is 1. The largest absolute Gasteiger partial charge is 0.467 e. The fourth-order valence-corrected chi connectivity index (χ4v) is 6.86. The molecule has 6 rings (SSSR count). The second kappa shape index (κ2) is 8.67. The van der Waals surface area contributed by atoms with E-state index < -0.39 is 10.0 Å². The fraction of sp³-hybridized carbons (Fsp3) is 0.727. The minimum Gasteiger partial charge on any atom is -0.467 e. The summed E-state index contributed by atoms with van der Waals surface area (Å²) in [5.41, 5.74) is 1.07. The maximum absolute atomic E-state index is 13.1. The molecule has 1 aromatic heterocycles. The lowest BCUT2D eigenvalue weighted by molar-refractivity contribution is -0.140. The highest BCUT2D eigenvalue weighted by molar-refractivity contribution is 7.90. The Morgan fingerprint density at radius 3 is 2.68 bits per heavy atom. The molecule has 0 aromatic carbocycles. The predicted octanol–water partition coefficient (Wildman–Crippen LogP) is 1.96. The van der Waals surface area contributed by atoms with Gasteiger partial charge >= 0.3 is 0 Å². The summed E-state index contributed by atoms with van der Waals surface area (Å²) in [7, 11) is -3.35. The molecule has 0 unspecified atom stereocenters. The Bertz CT molecular complexity index is 911. The van der Waals surface area contributed by atoms with Crippen LogP contribution in [-0.2, 0) is 19.6 Å². The Hall–Kier alpha value is -1.71. The quantitative estimate of drug-likeness (QED) is 0.758. The first-order valence-corrected chi connectivity index (χ1v) is 13.1. The maximum atomic E-state index is 13.1. The molecular formula is C22H31N3O5S. The van der Waals surface area contributed by atoms with Crippen molar-refractivity contribution in [3.8, 4) is 5.88 Å². The average Bonchev–Trinajstić information content (AvgIpc) is 3.63. The molecule has 4 heterocycles. The molecule has 2 bridgehead atoms. The van der Waals surface area contributed by atoms with E-state index in [9.17, 15) is 13.2 Å². The zero-order chi connectivity index (χ0) is 21.4. The Balaban J connectivity index is 1.40. The topological polar surface area (TPSA) is 97.8 Å². The van der Waals surface area contributed by atoms with Crippen LogP contribution in [0, 0.1) is 0 Å². The maximum Gasteiger partial charge on any atom is 0.260 e. The van der Waals surface area contributed by atoms with Gasteiger partial charge in [0.25, 0.3) is 5.91 Å². The summed E-state index contributed by atoms with van der Waals surface area (Å²) < 4.78 is 40.3. The number of hydrogen-bond acceptors (Lipinski definition) is 6. The molecule has 1 aromatic rings. The van der Waals surface area contributed by atoms with E-state index in [4.69, 9.17) is 9.47 Å². The molecule has 170 valence electrons. The van der Waals surface area contributed by atoms with Gasteiger partial charge in [-0.3, -0.25) is 4.79 Å². The van der Waals surface area contributed by atoms with E-state index in [1.807, 2.05) is 12.1 Å². The normalized spacial score (nSPS) is 32.1. The fourth-order valence-electron chi connectivity index (χ4n) is 5.22. The van der Waals surface area contributed by atoms with Crippen molar-refractivity contribution in [2.45, 2.75) is 80.7 Å². The Morgan fingerprint density at radius 2 is 1.90 bits per heavy atom. The number of rotatable bonds is 3. The van der Waals surface area contributed by atoms with Crippen molar-refractivity contribution in [3.63, 3.8) is 0 Å². The van der Waals surface area contributed by atoms with Crippen LogP contribution in [0.4, 0.5) is 0 Å². The van der Waals surface area contributed by atoms with Gasteiger partial charge in [0.2, 0.25) is 15.9 Å². The Labute approximate surface area is 183 Å². The van der Waals surface area contributed by atoms with Gasteiger partial charge in [-0.2, -0.15) is 0 Å². The minimum atomic E-state index is -3.35. The van der Waals surface area contributed by atoms with Crippen molar-refractivity contribution < 1.29 is 22.7 Å². The average molecular weight is 450 g/mol. The van der Waals surface area contributed by atoms with E-state index in [0.717, 1.165) is 50.5 Å². The molecular weight excluding hydrogens is 418 g/mol. The van der Waals surface area contributed by atoms with Gasteiger partial charge in [0.05, 0.1) is 24.0 Å². The summed E-state index contributed by atoms with van der Waals surface area (Å²) in [6, 6.07) is 3.32. The van der Waals surface area contributed by atoms with E-state index in [-0.39, 0.29) is 36.0 Å². The number of amides is 1. The molecule has 2 atom stereocenters. The lowest BCUT2D eigenvalue weighted by atomic mass is 9.83. The summed E-state index contributed by atoms with van der Waals surface area (Å²) >= 11 is 0. The smallest absolute Gasteiger partial charge is 0.260 e. The molecule has 0 radical (unpaired) electrons. The Kier molecular flexibility index (Phi) is 5.92. The molecule has 8 nitrogen and oxygen atoms in total. The SMILES string of the molecule is O=C1COc2ncccc2[C@H]2CC[C@H](CC2)OC[C@H]2[C@@H](NS(=O)(=O)C3CC3)CCCN12. The molecule has 3 aliphatic heterocycles. The molecule has 3 fully saturated rings. The van der Waals surface area contributed by atoms with Crippen LogP contribution >= 0.6 is 0 Å². The third-order valence-corrected chi connectivity index (χ3v) is 9.11. The zero-order valence-corrected chi connectivity index (χ0v) is 18.6. The van der Waals surface area contributed by atoms with E-state index in [2.05, 4.69) is 9.71 Å². The van der Waals surface area contributed by atoms with Crippen molar-refractivity contribution in [1.82, 2.24) is 14.6 Å². The number of pyridine rings is 1. The monoisotopic (exact) mass is 449 g/mol. The molecule has 1 saturated heterocycles. The van der Waals surface area contributed by atoms with Crippen LogP contribution in [0.2, 0.25) is 0 Å². The molecule has 5 aliphatic rings. The molecule has 2 aliphatic carbocycles. The van der Waals surface area contributed by atoms with Gasteiger partial charge in [-0.15, -0.1) is 0 Å². The van der Waals surface area contributed by atoms with E-state index >= 15 is 0 Å². The van der Waals surface area contributed by atoms with E-state index in [0.29, 0.717) is 31.4 Å². The van der Waals surface area contributed by atoms with Crippen LogP contribution in [0.5, 0.6) is 5.88 Å². The van der Waals surface area contributed by atoms with Gasteiger partial charge < -0.3 is 14.4 Å². The van der Waals surface area contributed by atoms with Crippen molar-refractivity contribution in [3.05, 3.63) is 23.9 Å². The van der Waals surface area contributed by atoms with Crippen LogP contribution in [0.15, 0.2) is 18.3 Å². The summed E-state index contributed by atoms with van der Waals surface area (Å²) in [5.74, 6) is 0.756. The third-order valence-electron chi connectivity index (χ3n) is 7.13. The van der Waals surface area contributed by atoms with Gasteiger partial charge in [-0.1, -0.05) is 6.07 Å². The summed E-state index contributed by atoms with van der Waals surface area (Å²) in [5, 5.41) is -0.282. The number of fused-ring (bicyclic) bond motifs is 5. The van der Waals surface area contributed by atoms with Crippen molar-refractivity contribution in [2.24, 2.45) is 0 Å². The highest BCUT2D eigenvalue weighted by atomic mass is 32.2. The van der Waals surface area contributed by atoms with Gasteiger partial charge in [-0.05, 0) is 63.4 Å². The van der Waals surface area contributed by atoms with Crippen LogP contribution in [0.1, 0.15) is 62.8 Å². The highest BCUT2D eigenvalue weighted by Gasteiger charge is 2.42. The van der Waals surface area contributed by atoms with Gasteiger partial charge in [0, 0.05) is 24.3 Å². The van der Waals surface area contributed by atoms with Crippen LogP contribution in [0.25, 0.3) is 0 Å². The lowest BCUT2D eigenvalue weighted by Crippen LogP contribution is -2.60. The van der Waals surface area contributed by atoms with Crippen LogP contribution in [0.3, 0.4) is 0 Å². The first-order chi connectivity index (χ1) is 15.0. The highest BCUT2D eigenvalue weighted by Crippen LogP contribution is 2.38. The molecule has 9 heteroatoms. The number of nitrogens with one attached hydrogen (secondary N) is 1. The molecule has 1 N–H and O–H groups in total. The molecule has 1 amide bonds. The summed E-state index contributed by atoms with van der Waals surface area (Å²) in [6.07, 6.45) is 8.60. The number of ether oxygens (including phenoxy) is 2. The second-order valence-electron chi connectivity index (χ2n) is 9.26. The standard InChI is InChI=1S/C22H31N3O5S/c26-21-14-30-22-18(3-1-11-23-22)15-5-7-16(8-6-15)29-13-20-19(4-2-12-25(20)21)24-31(27,28)17-9-10-17/h1,3,11,15-17,19-20,24H,2,4-10,12-14H2/t15-,16+,19-,20-/m0/s1. The second-order valence-corrected chi connectivity index (χ2v) is 11.3. The minimum absolute atomic E-state index is 0.0985. The first-order valence-electron chi connectivity index (χ1n) is 11.5. The summed E-state index contributed by atoms with van der Waals surface area (Å²) in [6.45, 7) is 0.836. The first kappa shape index (κ1) is 21.2. The number of carbonyl (C=O) groups is 1. The molecule has 2 saturated carbocycles. The summed E-state index contributed by atoms with van der Waals surface area (Å²) in [4.78, 5) is 19.3. The van der Waals surface area contributed by atoms with Crippen LogP contribution in [-0.4, -0.2) is 67.4 Å². The zero-order valence-electron chi connectivity index (χ0n) is 17.7. The van der Waals surface area contributed by atoms with Gasteiger partial charge in [0.15, 0.2) is 6.61 Å². The number of sulfonamides is 1. The molecule has 31 heavy (non-hydrogen) atoms. The van der Waals surface area contributed by atoms with Gasteiger partial charge in [0.1, 0.15) is 0 Å². The van der Waals surface area contributed by atoms with E-state index in [1.54, 1.807) is 11.1 Å². The number of nitrogens with zero attached hydrogens (tertiary/aromatic N) is 2. The van der Waals surface area contributed by atoms with Gasteiger partial charge in [-0.25, -0.2) is 18.1 Å². The Morgan fingerprint density at radius 1 is 1.10 bits per heavy atom. The van der Waals surface area contributed by atoms with Crippen molar-refractivity contribution >= 4 is 15.9 Å². The predicted molar refractivity (Wildman–Crippen MR) is 114 cm³/mol. The molecule has 0 spiro atoms. The number of carbonyl (C=O) groups excluding carboxylic acids is 1. The van der Waals surface area contributed by atoms with Crippen molar-refractivity contribution in [1.29, 1.82) is 0 Å². The number of aromatic nitrogens is 1. The van der Waals surface area contributed by atoms with Crippen molar-refractivity contribution in [2.75, 3.05) is 19.8 Å². The van der Waals surface area contributed by atoms with E-state index in [1.165, 1.54) is 0 Å². The number of hydrogen-bond donors (Lipinski definition) is 1.